The molecule has 0 radical (unpaired) electrons. The average molecular weight is 542 g/mol. The summed E-state index contributed by atoms with van der Waals surface area (Å²) in [6.07, 6.45) is 1.97. The molecule has 0 saturated carbocycles. The molecule has 1 aliphatic rings. The third-order valence-electron chi connectivity index (χ3n) is 6.91. The number of amides is 1. The van der Waals surface area contributed by atoms with Gasteiger partial charge in [0.2, 0.25) is 0 Å². The highest BCUT2D eigenvalue weighted by Crippen LogP contribution is 2.22. The van der Waals surface area contributed by atoms with Gasteiger partial charge in [-0.25, -0.2) is 4.98 Å². The van der Waals surface area contributed by atoms with Crippen LogP contribution in [-0.2, 0) is 11.3 Å². The van der Waals surface area contributed by atoms with Crippen molar-refractivity contribution in [2.24, 2.45) is 0 Å². The normalized spacial score (nSPS) is 15.0. The zero-order valence-electron chi connectivity index (χ0n) is 22.1. The molecule has 1 atom stereocenters. The van der Waals surface area contributed by atoms with Crippen molar-refractivity contribution in [3.8, 4) is 0 Å². The molecule has 2 heterocycles. The van der Waals surface area contributed by atoms with Crippen molar-refractivity contribution < 1.29 is 14.3 Å². The molecule has 4 aromatic rings. The Bertz CT molecular complexity index is 1580. The fourth-order valence-corrected chi connectivity index (χ4v) is 5.60. The molecular formula is C31H31N3O4S. The summed E-state index contributed by atoms with van der Waals surface area (Å²) in [5.41, 5.74) is 4.20. The number of aromatic nitrogens is 2. The second-order valence-electron chi connectivity index (χ2n) is 9.88. The molecule has 7 nitrogen and oxygen atoms in total. The minimum Gasteiger partial charge on any atom is -0.376 e. The molecule has 1 unspecified atom stereocenters. The van der Waals surface area contributed by atoms with Crippen molar-refractivity contribution in [3.63, 3.8) is 0 Å². The van der Waals surface area contributed by atoms with Crippen LogP contribution in [0.1, 0.15) is 50.2 Å². The van der Waals surface area contributed by atoms with Crippen LogP contribution in [0.4, 0.5) is 0 Å². The van der Waals surface area contributed by atoms with Crippen LogP contribution in [0.2, 0.25) is 0 Å². The Morgan fingerprint density at radius 2 is 1.90 bits per heavy atom. The Morgan fingerprint density at radius 1 is 1.08 bits per heavy atom. The summed E-state index contributed by atoms with van der Waals surface area (Å²) in [6, 6.07) is 20.4. The Balaban J connectivity index is 1.46. The predicted molar refractivity (Wildman–Crippen MR) is 154 cm³/mol. The van der Waals surface area contributed by atoms with E-state index in [1.165, 1.54) is 11.8 Å². The van der Waals surface area contributed by atoms with Gasteiger partial charge in [-0.15, -0.1) is 0 Å². The summed E-state index contributed by atoms with van der Waals surface area (Å²) in [5.74, 6) is -0.121. The van der Waals surface area contributed by atoms with Gasteiger partial charge >= 0.3 is 0 Å². The number of rotatable bonds is 9. The van der Waals surface area contributed by atoms with Crippen LogP contribution in [0.15, 0.2) is 76.7 Å². The van der Waals surface area contributed by atoms with E-state index in [-0.39, 0.29) is 29.1 Å². The van der Waals surface area contributed by atoms with Gasteiger partial charge in [0.15, 0.2) is 10.9 Å². The number of nitrogens with one attached hydrogen (secondary N) is 1. The molecule has 8 heteroatoms. The maximum Gasteiger partial charge on any atom is 0.262 e. The molecule has 39 heavy (non-hydrogen) atoms. The summed E-state index contributed by atoms with van der Waals surface area (Å²) < 4.78 is 7.20. The van der Waals surface area contributed by atoms with Crippen LogP contribution >= 0.6 is 11.8 Å². The highest BCUT2D eigenvalue weighted by molar-refractivity contribution is 7.99. The maximum atomic E-state index is 13.7. The molecule has 0 spiro atoms. The molecule has 1 amide bonds. The SMILES string of the molecule is Cc1ccc(C)c(C(=O)CSc2nc3cc(C(=O)NCC4CCCO4)ccc3c(=O)n2Cc2ccccc2)c1. The standard InChI is InChI=1S/C31H31N3O4S/c1-20-10-11-21(2)26(15-20)28(35)19-39-31-33-27-16-23(29(36)32-17-24-9-6-14-38-24)12-13-25(27)30(37)34(31)18-22-7-4-3-5-8-22/h3-5,7-8,10-13,15-16,24H,6,9,14,17-19H2,1-2H3,(H,32,36). The summed E-state index contributed by atoms with van der Waals surface area (Å²) >= 11 is 1.24. The number of carbonyl (C=O) groups excluding carboxylic acids is 2. The van der Waals surface area contributed by atoms with Crippen LogP contribution in [0.5, 0.6) is 0 Å². The van der Waals surface area contributed by atoms with Crippen molar-refractivity contribution in [2.75, 3.05) is 18.9 Å². The van der Waals surface area contributed by atoms with Gasteiger partial charge in [0.05, 0.1) is 29.3 Å². The minimum atomic E-state index is -0.234. The van der Waals surface area contributed by atoms with Gasteiger partial charge in [0.1, 0.15) is 0 Å². The van der Waals surface area contributed by atoms with Gasteiger partial charge in [-0.3, -0.25) is 19.0 Å². The molecule has 1 aliphatic heterocycles. The van der Waals surface area contributed by atoms with Gasteiger partial charge in [-0.05, 0) is 62.1 Å². The average Bonchev–Trinajstić information content (AvgIpc) is 3.47. The van der Waals surface area contributed by atoms with E-state index in [1.54, 1.807) is 22.8 Å². The third kappa shape index (κ3) is 6.29. The topological polar surface area (TPSA) is 90.3 Å². The first-order chi connectivity index (χ1) is 18.9. The number of ether oxygens (including phenoxy) is 1. The fourth-order valence-electron chi connectivity index (χ4n) is 4.72. The molecule has 1 aromatic heterocycles. The lowest BCUT2D eigenvalue weighted by Gasteiger charge is -2.14. The second kappa shape index (κ2) is 12.0. The van der Waals surface area contributed by atoms with Crippen LogP contribution in [0.25, 0.3) is 10.9 Å². The Labute approximate surface area is 231 Å². The van der Waals surface area contributed by atoms with Gasteiger partial charge in [-0.1, -0.05) is 59.8 Å². The molecule has 5 rings (SSSR count). The molecule has 200 valence electrons. The monoisotopic (exact) mass is 541 g/mol. The fraction of sp³-hybridized carbons (Fsp3) is 0.290. The van der Waals surface area contributed by atoms with E-state index in [0.717, 1.165) is 36.1 Å². The number of Topliss-reactive ketones (excluding diaryl/α,β-unsaturated/α-hetero) is 1. The zero-order chi connectivity index (χ0) is 27.4. The first-order valence-corrected chi connectivity index (χ1v) is 14.1. The molecule has 3 aromatic carbocycles. The van der Waals surface area contributed by atoms with Crippen molar-refractivity contribution in [1.29, 1.82) is 0 Å². The van der Waals surface area contributed by atoms with E-state index in [4.69, 9.17) is 9.72 Å². The summed E-state index contributed by atoms with van der Waals surface area (Å²) in [5, 5.41) is 3.78. The van der Waals surface area contributed by atoms with Crippen LogP contribution in [0.3, 0.4) is 0 Å². The Morgan fingerprint density at radius 3 is 2.67 bits per heavy atom. The van der Waals surface area contributed by atoms with E-state index in [2.05, 4.69) is 5.32 Å². The number of fused-ring (bicyclic) bond motifs is 1. The van der Waals surface area contributed by atoms with Gasteiger partial charge in [0.25, 0.3) is 11.5 Å². The number of hydrogen-bond acceptors (Lipinski definition) is 6. The predicted octanol–water partition coefficient (Wildman–Crippen LogP) is 4.95. The van der Waals surface area contributed by atoms with Crippen LogP contribution in [0, 0.1) is 13.8 Å². The Hall–Kier alpha value is -3.75. The second-order valence-corrected chi connectivity index (χ2v) is 10.8. The van der Waals surface area contributed by atoms with Crippen molar-refractivity contribution in [3.05, 3.63) is 105 Å². The molecule has 0 bridgehead atoms. The Kier molecular flexibility index (Phi) is 8.24. The number of thioether (sulfide) groups is 1. The summed E-state index contributed by atoms with van der Waals surface area (Å²) in [7, 11) is 0. The highest BCUT2D eigenvalue weighted by Gasteiger charge is 2.19. The number of ketones is 1. The zero-order valence-corrected chi connectivity index (χ0v) is 22.9. The number of carbonyl (C=O) groups is 2. The third-order valence-corrected chi connectivity index (χ3v) is 7.88. The van der Waals surface area contributed by atoms with Crippen molar-refractivity contribution >= 4 is 34.4 Å². The van der Waals surface area contributed by atoms with Crippen LogP contribution in [-0.4, -0.2) is 46.2 Å². The lowest BCUT2D eigenvalue weighted by atomic mass is 10.0. The van der Waals surface area contributed by atoms with Crippen molar-refractivity contribution in [1.82, 2.24) is 14.9 Å². The molecule has 1 N–H and O–H groups in total. The van der Waals surface area contributed by atoms with E-state index in [9.17, 15) is 14.4 Å². The number of aryl methyl sites for hydroxylation is 2. The number of hydrogen-bond donors (Lipinski definition) is 1. The summed E-state index contributed by atoms with van der Waals surface area (Å²) in [4.78, 5) is 44.4. The molecular weight excluding hydrogens is 510 g/mol. The van der Waals surface area contributed by atoms with Gasteiger partial charge < -0.3 is 10.1 Å². The maximum absolute atomic E-state index is 13.7. The van der Waals surface area contributed by atoms with Crippen LogP contribution < -0.4 is 10.9 Å². The van der Waals surface area contributed by atoms with E-state index >= 15 is 0 Å². The minimum absolute atomic E-state index is 0.0240. The molecule has 0 aliphatic carbocycles. The molecule has 1 saturated heterocycles. The highest BCUT2D eigenvalue weighted by atomic mass is 32.2. The van der Waals surface area contributed by atoms with Crippen molar-refractivity contribution in [2.45, 2.75) is 44.5 Å². The van der Waals surface area contributed by atoms with E-state index in [0.29, 0.717) is 40.3 Å². The van der Waals surface area contributed by atoms with Gasteiger partial charge in [-0.2, -0.15) is 0 Å². The van der Waals surface area contributed by atoms with Gasteiger partial charge in [0, 0.05) is 24.3 Å². The smallest absolute Gasteiger partial charge is 0.262 e. The lowest BCUT2D eigenvalue weighted by Crippen LogP contribution is -2.31. The number of benzene rings is 3. The summed E-state index contributed by atoms with van der Waals surface area (Å²) in [6.45, 7) is 5.38. The molecule has 1 fully saturated rings. The largest absolute Gasteiger partial charge is 0.376 e. The quantitative estimate of drug-likeness (QED) is 0.183. The van der Waals surface area contributed by atoms with E-state index in [1.807, 2.05) is 62.4 Å². The first kappa shape index (κ1) is 26.8. The van der Waals surface area contributed by atoms with E-state index < -0.39 is 0 Å². The first-order valence-electron chi connectivity index (χ1n) is 13.1. The number of nitrogens with zero attached hydrogens (tertiary/aromatic N) is 2. The lowest BCUT2D eigenvalue weighted by molar-refractivity contribution is 0.0857.